The fourth-order valence-corrected chi connectivity index (χ4v) is 2.79. The van der Waals surface area contributed by atoms with Gasteiger partial charge in [-0.25, -0.2) is 8.42 Å². The van der Waals surface area contributed by atoms with Crippen LogP contribution in [-0.4, -0.2) is 67.7 Å². The molecular weight excluding hydrogens is 534 g/mol. The molecule has 30 heavy (non-hydrogen) atoms. The third kappa shape index (κ3) is 11.4. The molecule has 0 aromatic rings. The van der Waals surface area contributed by atoms with Crippen molar-refractivity contribution in [2.75, 3.05) is 39.4 Å². The maximum absolute atomic E-state index is 10.7. The number of ether oxygens (including phenoxy) is 1. The summed E-state index contributed by atoms with van der Waals surface area (Å²) in [5.74, 6) is 5.56. The topological polar surface area (TPSA) is 72.9 Å². The number of rotatable bonds is 6. The predicted molar refractivity (Wildman–Crippen MR) is 103 cm³/mol. The molecule has 0 bridgehead atoms. The van der Waals surface area contributed by atoms with Crippen molar-refractivity contribution in [1.82, 2.24) is 9.80 Å². The summed E-state index contributed by atoms with van der Waals surface area (Å²) >= 11 is 1.82. The Morgan fingerprint density at radius 1 is 1.17 bits per heavy atom. The summed E-state index contributed by atoms with van der Waals surface area (Å²) in [6, 6.07) is 0. The number of hydrogen-bond acceptors (Lipinski definition) is 6. The first-order valence-electron chi connectivity index (χ1n) is 8.91. The van der Waals surface area contributed by atoms with Gasteiger partial charge in [0, 0.05) is 38.7 Å². The number of hydrogen-bond donors (Lipinski definition) is 0. The first-order valence-corrected chi connectivity index (χ1v) is 12.6. The van der Waals surface area contributed by atoms with Crippen molar-refractivity contribution in [3.8, 4) is 0 Å². The number of nitrogens with zero attached hydrogens (tertiary/aromatic N) is 2. The van der Waals surface area contributed by atoms with Gasteiger partial charge in [-0.3, -0.25) is 9.80 Å². The summed E-state index contributed by atoms with van der Waals surface area (Å²) in [5.41, 5.74) is -5.65. The van der Waals surface area contributed by atoms with Gasteiger partial charge in [0.2, 0.25) is 0 Å². The van der Waals surface area contributed by atoms with Crippen LogP contribution in [0.25, 0.3) is 0 Å². The molecule has 0 atom stereocenters. The molecule has 1 aliphatic carbocycles. The summed E-state index contributed by atoms with van der Waals surface area (Å²) in [6.45, 7) is 17.7. The zero-order valence-electron chi connectivity index (χ0n) is 17.2. The fraction of sp³-hybridized carbons (Fsp3) is 0.611. The van der Waals surface area contributed by atoms with Crippen molar-refractivity contribution < 1.29 is 48.2 Å². The molecule has 2 aliphatic rings. The first kappa shape index (κ1) is 30.5. The van der Waals surface area contributed by atoms with Crippen molar-refractivity contribution in [3.05, 3.63) is 43.2 Å². The quantitative estimate of drug-likeness (QED) is 0.215. The average Bonchev–Trinajstić information content (AvgIpc) is 3.06. The van der Waals surface area contributed by atoms with Gasteiger partial charge < -0.3 is 9.29 Å². The summed E-state index contributed by atoms with van der Waals surface area (Å²) in [7, 11) is -1.52. The molecule has 1 heterocycles. The maximum atomic E-state index is 10.7. The number of alkyl halides is 3. The Morgan fingerprint density at radius 2 is 1.63 bits per heavy atom. The van der Waals surface area contributed by atoms with Gasteiger partial charge in [0.15, 0.2) is 10.1 Å². The third-order valence-corrected chi connectivity index (χ3v) is 4.67. The minimum absolute atomic E-state index is 0.791. The molecule has 0 aromatic carbocycles. The van der Waals surface area contributed by atoms with Crippen LogP contribution < -0.4 is 0 Å². The van der Waals surface area contributed by atoms with E-state index in [1.165, 1.54) is 23.7 Å². The van der Waals surface area contributed by atoms with Crippen LogP contribution in [0.5, 0.6) is 0 Å². The Morgan fingerprint density at radius 3 is 2.07 bits per heavy atom. The monoisotopic (exact) mass is 560 g/mol. The zero-order valence-corrected chi connectivity index (χ0v) is 20.5. The van der Waals surface area contributed by atoms with Crippen LogP contribution in [0, 0.1) is 43.2 Å². The molecule has 174 valence electrons. The van der Waals surface area contributed by atoms with E-state index in [1.807, 2.05) is 24.2 Å². The van der Waals surface area contributed by atoms with Gasteiger partial charge in [-0.2, -0.15) is 13.2 Å². The van der Waals surface area contributed by atoms with Gasteiger partial charge in [-0.05, 0) is 37.5 Å². The minimum atomic E-state index is -6.09. The SMILES string of the molecule is CCOCCN1[C]N(C[C]2[C](C)[CH][C](C)[CH][C]2C)CC1.O=S(=O)([O-])C(F)(F)F.[Cl][Ru+]. The molecule has 0 unspecified atom stereocenters. The van der Waals surface area contributed by atoms with E-state index in [0.29, 0.717) is 0 Å². The standard InChI is InChI=1S/C17H26N2O.CHF3O3S.ClH.Ru/c1-5-20-9-8-18-6-7-19(13-18)12-17-15(3)10-14(2)11-16(17)4;2-1(3,4)8(5,6)7;;/h10-11H,5-9,12H2,1-4H3;(H,5,6,7);1H;/q;;;+2/p-2. The van der Waals surface area contributed by atoms with Gasteiger partial charge in [-0.15, -0.1) is 0 Å². The first-order chi connectivity index (χ1) is 13.8. The van der Waals surface area contributed by atoms with Crippen molar-refractivity contribution in [3.63, 3.8) is 0 Å². The van der Waals surface area contributed by atoms with Gasteiger partial charge in [0.25, 0.3) is 0 Å². The van der Waals surface area contributed by atoms with Crippen molar-refractivity contribution in [1.29, 1.82) is 0 Å². The van der Waals surface area contributed by atoms with Crippen LogP contribution in [0.2, 0.25) is 0 Å². The Hall–Kier alpha value is 0.493. The van der Waals surface area contributed by atoms with E-state index in [-0.39, 0.29) is 0 Å². The second-order valence-electron chi connectivity index (χ2n) is 6.48. The fourth-order valence-electron chi connectivity index (χ4n) is 2.79. The Labute approximate surface area is 193 Å². The van der Waals surface area contributed by atoms with Crippen molar-refractivity contribution in [2.45, 2.75) is 33.2 Å². The van der Waals surface area contributed by atoms with E-state index in [9.17, 15) is 13.2 Å². The van der Waals surface area contributed by atoms with Crippen LogP contribution in [0.3, 0.4) is 0 Å². The van der Waals surface area contributed by atoms with Gasteiger partial charge >= 0.3 is 32.5 Å². The van der Waals surface area contributed by atoms with E-state index in [1.54, 1.807) is 0 Å². The van der Waals surface area contributed by atoms with E-state index >= 15 is 0 Å². The molecule has 1 saturated heterocycles. The number of halogens is 4. The Balaban J connectivity index is 0.000000712. The molecule has 1 saturated carbocycles. The normalized spacial score (nSPS) is 21.1. The zero-order chi connectivity index (χ0) is 23.5. The second kappa shape index (κ2) is 14.6. The van der Waals surface area contributed by atoms with E-state index in [4.69, 9.17) is 17.7 Å². The third-order valence-electron chi connectivity index (χ3n) is 4.11. The molecule has 8 radical (unpaired) electrons. The van der Waals surface area contributed by atoms with Crippen LogP contribution in [0.4, 0.5) is 13.2 Å². The summed E-state index contributed by atoms with van der Waals surface area (Å²) in [6.07, 6.45) is 4.54. The predicted octanol–water partition coefficient (Wildman–Crippen LogP) is 3.16. The van der Waals surface area contributed by atoms with Crippen LogP contribution in [-0.2, 0) is 32.2 Å². The molecule has 0 aromatic heterocycles. The van der Waals surface area contributed by atoms with Crippen LogP contribution in [0.1, 0.15) is 27.7 Å². The summed E-state index contributed by atoms with van der Waals surface area (Å²) in [4.78, 5) is 4.52. The molecule has 6 nitrogen and oxygen atoms in total. The van der Waals surface area contributed by atoms with E-state index in [2.05, 4.69) is 59.8 Å². The average molecular weight is 560 g/mol. The molecule has 12 heteroatoms. The van der Waals surface area contributed by atoms with E-state index < -0.39 is 15.6 Å². The van der Waals surface area contributed by atoms with Crippen LogP contribution in [0.15, 0.2) is 0 Å². The molecule has 0 amide bonds. The van der Waals surface area contributed by atoms with E-state index in [0.717, 1.165) is 39.4 Å². The Bertz CT molecular complexity index is 560. The summed E-state index contributed by atoms with van der Waals surface area (Å²) in [5, 5.41) is 0. The van der Waals surface area contributed by atoms with Crippen molar-refractivity contribution >= 4 is 19.8 Å². The second-order valence-corrected chi connectivity index (χ2v) is 7.85. The Kier molecular flexibility index (Phi) is 14.8. The summed E-state index contributed by atoms with van der Waals surface area (Å²) < 4.78 is 64.3. The van der Waals surface area contributed by atoms with Crippen molar-refractivity contribution in [2.24, 2.45) is 0 Å². The molecule has 2 rings (SSSR count). The molecular formula is C18H26ClF3N2O4RuS. The molecule has 2 fully saturated rings. The van der Waals surface area contributed by atoms with Crippen LogP contribution >= 0.6 is 9.69 Å². The molecule has 1 aliphatic heterocycles. The van der Waals surface area contributed by atoms with Gasteiger partial charge in [0.05, 0.1) is 6.61 Å². The molecule has 0 spiro atoms. The van der Waals surface area contributed by atoms with Gasteiger partial charge in [-0.1, -0.05) is 20.8 Å². The van der Waals surface area contributed by atoms with Gasteiger partial charge in [0.1, 0.15) is 6.67 Å². The molecule has 0 N–H and O–H groups in total.